The Morgan fingerprint density at radius 3 is 2.61 bits per heavy atom. The number of nitrogens with one attached hydrogen (secondary N) is 2. The van der Waals surface area contributed by atoms with E-state index in [9.17, 15) is 14.7 Å². The lowest BCUT2D eigenvalue weighted by molar-refractivity contribution is 0.0779. The first-order valence-corrected chi connectivity index (χ1v) is 12.9. The third-order valence-corrected chi connectivity index (χ3v) is 7.19. The Kier molecular flexibility index (Phi) is 9.05. The number of aliphatic hydroxyl groups excluding tert-OH is 1. The molecule has 0 radical (unpaired) electrons. The number of hydrogen-bond donors (Lipinski definition) is 3. The van der Waals surface area contributed by atoms with Crippen LogP contribution in [0.1, 0.15) is 49.9 Å². The molecule has 200 valence electrons. The van der Waals surface area contributed by atoms with E-state index in [0.29, 0.717) is 49.5 Å². The van der Waals surface area contributed by atoms with Crippen molar-refractivity contribution in [3.05, 3.63) is 100 Å². The van der Waals surface area contributed by atoms with Gasteiger partial charge in [-0.1, -0.05) is 54.6 Å². The predicted octanol–water partition coefficient (Wildman–Crippen LogP) is 3.51. The maximum absolute atomic E-state index is 13.2. The molecule has 2 aliphatic heterocycles. The smallest absolute Gasteiger partial charge is 0.255 e. The molecule has 2 unspecified atom stereocenters. The average Bonchev–Trinajstić information content (AvgIpc) is 3.24. The largest absolute Gasteiger partial charge is 0.493 e. The molecule has 3 aromatic rings. The molecule has 8 heteroatoms. The number of carbonyl (C=O) groups excluding carboxylic acids is 2. The van der Waals surface area contributed by atoms with Crippen LogP contribution in [0.5, 0.6) is 5.75 Å². The lowest BCUT2D eigenvalue weighted by Crippen LogP contribution is -2.49. The Morgan fingerprint density at radius 1 is 1.11 bits per heavy atom. The molecule has 0 saturated carbocycles. The predicted molar refractivity (Wildman–Crippen MR) is 149 cm³/mol. The molecule has 0 saturated heterocycles. The first kappa shape index (κ1) is 27.6. The van der Waals surface area contributed by atoms with Crippen molar-refractivity contribution in [3.63, 3.8) is 0 Å². The van der Waals surface area contributed by atoms with E-state index in [4.69, 9.17) is 4.74 Å². The lowest BCUT2D eigenvalue weighted by Gasteiger charge is -2.30. The Hall–Kier alpha value is -3.39. The number of nitrogens with zero attached hydrogens (tertiary/aromatic N) is 1. The standard InChI is InChI=1S/C30H33N3O4.ClH/c1-2-37-28-16-24-23(19-33(30(24)36)13-12-20-8-4-3-5-9-20)14-25(28)29(35)32-18-27(34)26-15-21-10-6-7-11-22(21)17-31-26;/h3-11,14,16,26-27,31,34H,2,12-13,15,17-19H2,1H3,(H,32,35);1H. The first-order valence-electron chi connectivity index (χ1n) is 12.9. The summed E-state index contributed by atoms with van der Waals surface area (Å²) in [6.07, 6.45) is 0.735. The minimum atomic E-state index is -0.739. The molecule has 0 aromatic heterocycles. The highest BCUT2D eigenvalue weighted by Gasteiger charge is 2.31. The maximum atomic E-state index is 13.2. The Balaban J connectivity index is 0.00000336. The zero-order valence-electron chi connectivity index (χ0n) is 21.5. The van der Waals surface area contributed by atoms with Crippen molar-refractivity contribution in [2.75, 3.05) is 19.7 Å². The molecular weight excluding hydrogens is 502 g/mol. The quantitative estimate of drug-likeness (QED) is 0.390. The van der Waals surface area contributed by atoms with Gasteiger partial charge in [-0.25, -0.2) is 0 Å². The monoisotopic (exact) mass is 535 g/mol. The molecule has 2 amide bonds. The van der Waals surface area contributed by atoms with Crippen LogP contribution in [-0.4, -0.2) is 53.7 Å². The van der Waals surface area contributed by atoms with Crippen LogP contribution in [0.3, 0.4) is 0 Å². The van der Waals surface area contributed by atoms with Gasteiger partial charge in [0.1, 0.15) is 5.75 Å². The number of ether oxygens (including phenoxy) is 1. The van der Waals surface area contributed by atoms with Crippen molar-refractivity contribution < 1.29 is 19.4 Å². The molecule has 0 fully saturated rings. The zero-order valence-corrected chi connectivity index (χ0v) is 22.3. The third kappa shape index (κ3) is 6.01. The summed E-state index contributed by atoms with van der Waals surface area (Å²) < 4.78 is 5.75. The van der Waals surface area contributed by atoms with Crippen molar-refractivity contribution in [1.29, 1.82) is 0 Å². The number of carbonyl (C=O) groups is 2. The number of hydrogen-bond acceptors (Lipinski definition) is 5. The van der Waals surface area contributed by atoms with E-state index in [-0.39, 0.29) is 36.8 Å². The van der Waals surface area contributed by atoms with Gasteiger partial charge in [-0.15, -0.1) is 12.4 Å². The van der Waals surface area contributed by atoms with Crippen LogP contribution in [-0.2, 0) is 25.9 Å². The molecule has 0 aliphatic carbocycles. The second-order valence-electron chi connectivity index (χ2n) is 9.64. The van der Waals surface area contributed by atoms with Crippen LogP contribution in [0, 0.1) is 0 Å². The van der Waals surface area contributed by atoms with E-state index in [2.05, 4.69) is 34.9 Å². The van der Waals surface area contributed by atoms with Crippen LogP contribution >= 0.6 is 12.4 Å². The van der Waals surface area contributed by atoms with E-state index in [0.717, 1.165) is 12.0 Å². The molecule has 2 atom stereocenters. The highest BCUT2D eigenvalue weighted by Crippen LogP contribution is 2.31. The van der Waals surface area contributed by atoms with Crippen molar-refractivity contribution >= 4 is 24.2 Å². The van der Waals surface area contributed by atoms with Gasteiger partial charge in [0.05, 0.1) is 18.3 Å². The summed E-state index contributed by atoms with van der Waals surface area (Å²) in [5.74, 6) is 0.0193. The lowest BCUT2D eigenvalue weighted by atomic mass is 9.93. The Bertz CT molecular complexity index is 1280. The van der Waals surface area contributed by atoms with Crippen LogP contribution in [0.15, 0.2) is 66.7 Å². The zero-order chi connectivity index (χ0) is 25.8. The summed E-state index contributed by atoms with van der Waals surface area (Å²) in [6, 6.07) is 21.6. The van der Waals surface area contributed by atoms with E-state index >= 15 is 0 Å². The van der Waals surface area contributed by atoms with Gasteiger partial charge < -0.3 is 25.4 Å². The van der Waals surface area contributed by atoms with Gasteiger partial charge in [0.2, 0.25) is 0 Å². The van der Waals surface area contributed by atoms with Gasteiger partial charge in [-0.05, 0) is 54.2 Å². The fourth-order valence-corrected chi connectivity index (χ4v) is 5.13. The molecule has 0 spiro atoms. The third-order valence-electron chi connectivity index (χ3n) is 7.19. The second kappa shape index (κ2) is 12.4. The Labute approximate surface area is 229 Å². The molecule has 0 bridgehead atoms. The maximum Gasteiger partial charge on any atom is 0.255 e. The second-order valence-corrected chi connectivity index (χ2v) is 9.64. The van der Waals surface area contributed by atoms with Crippen molar-refractivity contribution in [3.8, 4) is 5.75 Å². The van der Waals surface area contributed by atoms with Gasteiger partial charge >= 0.3 is 0 Å². The van der Waals surface area contributed by atoms with Crippen LogP contribution in [0.2, 0.25) is 0 Å². The highest BCUT2D eigenvalue weighted by atomic mass is 35.5. The summed E-state index contributed by atoms with van der Waals surface area (Å²) >= 11 is 0. The van der Waals surface area contributed by atoms with E-state index < -0.39 is 6.10 Å². The SMILES string of the molecule is CCOc1cc2c(cc1C(=O)NCC(O)C1Cc3ccccc3CN1)CN(CCc1ccccc1)C2=O.Cl. The normalized spacial score (nSPS) is 16.7. The molecule has 2 heterocycles. The van der Waals surface area contributed by atoms with E-state index in [1.54, 1.807) is 12.1 Å². The van der Waals surface area contributed by atoms with E-state index in [1.165, 1.54) is 16.7 Å². The minimum absolute atomic E-state index is 0. The molecular formula is C30H34ClN3O4. The number of fused-ring (bicyclic) bond motifs is 2. The first-order chi connectivity index (χ1) is 18.0. The topological polar surface area (TPSA) is 90.9 Å². The van der Waals surface area contributed by atoms with Gasteiger partial charge in [-0.3, -0.25) is 9.59 Å². The molecule has 5 rings (SSSR count). The molecule has 3 N–H and O–H groups in total. The minimum Gasteiger partial charge on any atom is -0.493 e. The fourth-order valence-electron chi connectivity index (χ4n) is 5.13. The van der Waals surface area contributed by atoms with Gasteiger partial charge in [0, 0.05) is 37.8 Å². The summed E-state index contributed by atoms with van der Waals surface area (Å²) in [7, 11) is 0. The van der Waals surface area contributed by atoms with Crippen molar-refractivity contribution in [2.24, 2.45) is 0 Å². The van der Waals surface area contributed by atoms with Gasteiger partial charge in [0.15, 0.2) is 0 Å². The number of benzene rings is 3. The van der Waals surface area contributed by atoms with Gasteiger partial charge in [0.25, 0.3) is 11.8 Å². The molecule has 3 aromatic carbocycles. The van der Waals surface area contributed by atoms with Gasteiger partial charge in [-0.2, -0.15) is 0 Å². The van der Waals surface area contributed by atoms with Crippen molar-refractivity contribution in [2.45, 2.75) is 45.0 Å². The fraction of sp³-hybridized carbons (Fsp3) is 0.333. The summed E-state index contributed by atoms with van der Waals surface area (Å²) in [4.78, 5) is 28.1. The highest BCUT2D eigenvalue weighted by molar-refractivity contribution is 6.03. The molecule has 7 nitrogen and oxygen atoms in total. The van der Waals surface area contributed by atoms with Crippen LogP contribution in [0.25, 0.3) is 0 Å². The molecule has 2 aliphatic rings. The van der Waals surface area contributed by atoms with Crippen LogP contribution in [0.4, 0.5) is 0 Å². The van der Waals surface area contributed by atoms with Crippen LogP contribution < -0.4 is 15.4 Å². The Morgan fingerprint density at radius 2 is 1.84 bits per heavy atom. The summed E-state index contributed by atoms with van der Waals surface area (Å²) in [5, 5.41) is 17.0. The molecule has 38 heavy (non-hydrogen) atoms. The number of amides is 2. The number of halogens is 1. The number of rotatable bonds is 9. The summed E-state index contributed by atoms with van der Waals surface area (Å²) in [6.45, 7) is 4.09. The van der Waals surface area contributed by atoms with Crippen molar-refractivity contribution in [1.82, 2.24) is 15.5 Å². The average molecular weight is 536 g/mol. The van der Waals surface area contributed by atoms with E-state index in [1.807, 2.05) is 42.2 Å². The number of aliphatic hydroxyl groups is 1. The summed E-state index contributed by atoms with van der Waals surface area (Å²) in [5.41, 5.74) is 5.41.